The topological polar surface area (TPSA) is 46.3 Å². The van der Waals surface area contributed by atoms with Gasteiger partial charge in [0.1, 0.15) is 0 Å². The molecule has 0 radical (unpaired) electrons. The van der Waals surface area contributed by atoms with Gasteiger partial charge in [0.2, 0.25) is 5.91 Å². The quantitative estimate of drug-likeness (QED) is 0.384. The van der Waals surface area contributed by atoms with Crippen LogP contribution in [-0.2, 0) is 4.79 Å². The summed E-state index contributed by atoms with van der Waals surface area (Å²) in [6.07, 6.45) is 16.4. The summed E-state index contributed by atoms with van der Waals surface area (Å²) in [4.78, 5) is 13.1. The zero-order valence-electron chi connectivity index (χ0n) is 14.5. The molecule has 0 aliphatic heterocycles. The summed E-state index contributed by atoms with van der Waals surface area (Å²) in [5.74, 6) is -0.291. The molecular formula is C18H36N2O. The van der Waals surface area contributed by atoms with Gasteiger partial charge in [0, 0.05) is 5.57 Å². The van der Waals surface area contributed by atoms with Crippen LogP contribution in [0.3, 0.4) is 0 Å². The zero-order chi connectivity index (χ0) is 15.9. The first-order valence-electron chi connectivity index (χ1n) is 8.65. The third kappa shape index (κ3) is 15.4. The van der Waals surface area contributed by atoms with E-state index in [1.165, 1.54) is 70.8 Å². The van der Waals surface area contributed by atoms with Gasteiger partial charge in [-0.25, -0.2) is 0 Å². The highest BCUT2D eigenvalue weighted by Gasteiger charge is 1.96. The lowest BCUT2D eigenvalue weighted by Crippen LogP contribution is -2.12. The van der Waals surface area contributed by atoms with E-state index in [1.807, 2.05) is 6.08 Å². The number of primary amides is 1. The minimum absolute atomic E-state index is 0.291. The fourth-order valence-electron chi connectivity index (χ4n) is 2.41. The van der Waals surface area contributed by atoms with Gasteiger partial charge in [0.25, 0.3) is 0 Å². The van der Waals surface area contributed by atoms with Crippen LogP contribution < -0.4 is 5.73 Å². The van der Waals surface area contributed by atoms with E-state index >= 15 is 0 Å². The number of nitrogens with two attached hydrogens (primary N) is 1. The van der Waals surface area contributed by atoms with Gasteiger partial charge >= 0.3 is 0 Å². The summed E-state index contributed by atoms with van der Waals surface area (Å²) < 4.78 is 0. The summed E-state index contributed by atoms with van der Waals surface area (Å²) in [5, 5.41) is 0. The molecule has 0 bridgehead atoms. The second kappa shape index (κ2) is 14.1. The first-order valence-corrected chi connectivity index (χ1v) is 8.65. The predicted octanol–water partition coefficient (Wildman–Crippen LogP) is 4.27. The van der Waals surface area contributed by atoms with E-state index in [1.54, 1.807) is 6.92 Å². The van der Waals surface area contributed by atoms with Gasteiger partial charge in [0.15, 0.2) is 0 Å². The maximum absolute atomic E-state index is 10.8. The van der Waals surface area contributed by atoms with Crippen LogP contribution in [0.15, 0.2) is 11.6 Å². The van der Waals surface area contributed by atoms with Crippen molar-refractivity contribution in [3.8, 4) is 0 Å². The molecule has 0 spiro atoms. The van der Waals surface area contributed by atoms with Gasteiger partial charge in [-0.1, -0.05) is 57.4 Å². The summed E-state index contributed by atoms with van der Waals surface area (Å²) in [7, 11) is 4.29. The molecule has 3 heteroatoms. The van der Waals surface area contributed by atoms with Crippen LogP contribution >= 0.6 is 0 Å². The van der Waals surface area contributed by atoms with E-state index in [2.05, 4.69) is 19.0 Å². The highest BCUT2D eigenvalue weighted by atomic mass is 16.1. The number of carbonyl (C=O) groups excluding carboxylic acids is 1. The lowest BCUT2D eigenvalue weighted by molar-refractivity contribution is -0.114. The largest absolute Gasteiger partial charge is 0.366 e. The van der Waals surface area contributed by atoms with Crippen molar-refractivity contribution in [2.24, 2.45) is 5.73 Å². The maximum Gasteiger partial charge on any atom is 0.244 e. The first kappa shape index (κ1) is 20.2. The molecule has 0 aromatic carbocycles. The first-order chi connectivity index (χ1) is 10.0. The predicted molar refractivity (Wildman–Crippen MR) is 92.3 cm³/mol. The minimum Gasteiger partial charge on any atom is -0.366 e. The minimum atomic E-state index is -0.291. The highest BCUT2D eigenvalue weighted by Crippen LogP contribution is 2.12. The fourth-order valence-corrected chi connectivity index (χ4v) is 2.41. The molecule has 0 atom stereocenters. The Hall–Kier alpha value is -0.830. The van der Waals surface area contributed by atoms with Crippen molar-refractivity contribution < 1.29 is 4.79 Å². The number of amides is 1. The number of hydrogen-bond acceptors (Lipinski definition) is 2. The van der Waals surface area contributed by atoms with Crippen molar-refractivity contribution in [1.82, 2.24) is 4.90 Å². The van der Waals surface area contributed by atoms with Crippen molar-refractivity contribution in [3.63, 3.8) is 0 Å². The molecule has 0 aliphatic carbocycles. The molecule has 0 aliphatic rings. The third-order valence-corrected chi connectivity index (χ3v) is 3.90. The standard InChI is InChI=1S/C18H36N2O/c1-17(18(19)21)15-13-11-9-7-5-4-6-8-10-12-14-16-20(2)3/h15H,4-14,16H2,1-3H3,(H2,19,21)/b17-15+. The normalized spacial score (nSPS) is 12.1. The molecule has 2 N–H and O–H groups in total. The highest BCUT2D eigenvalue weighted by molar-refractivity contribution is 5.91. The van der Waals surface area contributed by atoms with Crippen LogP contribution in [0.1, 0.15) is 77.6 Å². The second-order valence-corrected chi connectivity index (χ2v) is 6.38. The molecule has 0 saturated carbocycles. The van der Waals surface area contributed by atoms with Crippen LogP contribution in [-0.4, -0.2) is 31.4 Å². The van der Waals surface area contributed by atoms with E-state index in [-0.39, 0.29) is 5.91 Å². The number of hydrogen-bond donors (Lipinski definition) is 1. The summed E-state index contributed by atoms with van der Waals surface area (Å²) in [5.41, 5.74) is 5.88. The maximum atomic E-state index is 10.8. The van der Waals surface area contributed by atoms with Gasteiger partial charge in [-0.05, 0) is 46.8 Å². The monoisotopic (exact) mass is 296 g/mol. The second-order valence-electron chi connectivity index (χ2n) is 6.38. The Morgan fingerprint density at radius 2 is 1.29 bits per heavy atom. The van der Waals surface area contributed by atoms with Crippen LogP contribution in [0.25, 0.3) is 0 Å². The van der Waals surface area contributed by atoms with E-state index < -0.39 is 0 Å². The Kier molecular flexibility index (Phi) is 13.6. The van der Waals surface area contributed by atoms with Crippen LogP contribution in [0.5, 0.6) is 0 Å². The summed E-state index contributed by atoms with van der Waals surface area (Å²) >= 11 is 0. The van der Waals surface area contributed by atoms with Gasteiger partial charge in [0.05, 0.1) is 0 Å². The number of allylic oxidation sites excluding steroid dienone is 1. The van der Waals surface area contributed by atoms with Crippen molar-refractivity contribution in [2.75, 3.05) is 20.6 Å². The average Bonchev–Trinajstić information content (AvgIpc) is 2.43. The lowest BCUT2D eigenvalue weighted by atomic mass is 10.1. The fraction of sp³-hybridized carbons (Fsp3) is 0.833. The van der Waals surface area contributed by atoms with Crippen molar-refractivity contribution in [1.29, 1.82) is 0 Å². The Morgan fingerprint density at radius 1 is 0.857 bits per heavy atom. The van der Waals surface area contributed by atoms with E-state index in [0.717, 1.165) is 6.42 Å². The molecule has 0 unspecified atom stereocenters. The molecule has 0 aromatic rings. The summed E-state index contributed by atoms with van der Waals surface area (Å²) in [6.45, 7) is 3.02. The van der Waals surface area contributed by atoms with Gasteiger partial charge in [-0.2, -0.15) is 0 Å². The Labute approximate surface area is 132 Å². The molecule has 0 saturated heterocycles. The smallest absolute Gasteiger partial charge is 0.244 e. The molecule has 0 heterocycles. The molecule has 1 amide bonds. The molecule has 0 aromatic heterocycles. The molecule has 3 nitrogen and oxygen atoms in total. The van der Waals surface area contributed by atoms with E-state index in [4.69, 9.17) is 5.73 Å². The molecule has 0 fully saturated rings. The summed E-state index contributed by atoms with van der Waals surface area (Å²) in [6, 6.07) is 0. The van der Waals surface area contributed by atoms with E-state index in [0.29, 0.717) is 5.57 Å². The molecular weight excluding hydrogens is 260 g/mol. The van der Waals surface area contributed by atoms with Gasteiger partial charge in [-0.15, -0.1) is 0 Å². The van der Waals surface area contributed by atoms with Crippen molar-refractivity contribution in [2.45, 2.75) is 77.6 Å². The number of nitrogens with zero attached hydrogens (tertiary/aromatic N) is 1. The Balaban J connectivity index is 3.16. The van der Waals surface area contributed by atoms with Crippen LogP contribution in [0.4, 0.5) is 0 Å². The van der Waals surface area contributed by atoms with Crippen LogP contribution in [0, 0.1) is 0 Å². The third-order valence-electron chi connectivity index (χ3n) is 3.90. The molecule has 124 valence electrons. The van der Waals surface area contributed by atoms with E-state index in [9.17, 15) is 4.79 Å². The Morgan fingerprint density at radius 3 is 1.71 bits per heavy atom. The van der Waals surface area contributed by atoms with Crippen LogP contribution in [0.2, 0.25) is 0 Å². The van der Waals surface area contributed by atoms with Gasteiger partial charge < -0.3 is 10.6 Å². The zero-order valence-corrected chi connectivity index (χ0v) is 14.5. The van der Waals surface area contributed by atoms with Gasteiger partial charge in [-0.3, -0.25) is 4.79 Å². The number of rotatable bonds is 14. The SMILES string of the molecule is C/C(=C\CCCCCCCCCCCCN(C)C)C(N)=O. The van der Waals surface area contributed by atoms with Crippen molar-refractivity contribution in [3.05, 3.63) is 11.6 Å². The molecule has 21 heavy (non-hydrogen) atoms. The Bertz CT molecular complexity index is 285. The van der Waals surface area contributed by atoms with Crippen molar-refractivity contribution >= 4 is 5.91 Å². The average molecular weight is 296 g/mol. The molecule has 0 rings (SSSR count). The lowest BCUT2D eigenvalue weighted by Gasteiger charge is -2.08. The number of unbranched alkanes of at least 4 members (excludes halogenated alkanes) is 10. The number of carbonyl (C=O) groups is 1.